The van der Waals surface area contributed by atoms with Crippen molar-refractivity contribution in [2.24, 2.45) is 4.99 Å². The summed E-state index contributed by atoms with van der Waals surface area (Å²) in [6.07, 6.45) is -3.23. The first-order chi connectivity index (χ1) is 8.84. The predicted molar refractivity (Wildman–Crippen MR) is 64.1 cm³/mol. The minimum atomic E-state index is -4.59. The van der Waals surface area contributed by atoms with E-state index in [-0.39, 0.29) is 11.3 Å². The highest BCUT2D eigenvalue weighted by Crippen LogP contribution is 2.37. The molecule has 0 unspecified atom stereocenters. The van der Waals surface area contributed by atoms with Crippen LogP contribution in [0.2, 0.25) is 5.02 Å². The molecule has 2 rings (SSSR count). The average molecular weight is 294 g/mol. The van der Waals surface area contributed by atoms with Gasteiger partial charge in [-0.3, -0.25) is 15.2 Å². The van der Waals surface area contributed by atoms with E-state index < -0.39 is 22.6 Å². The van der Waals surface area contributed by atoms with Crippen molar-refractivity contribution in [3.05, 3.63) is 34.2 Å². The summed E-state index contributed by atoms with van der Waals surface area (Å²) in [5.74, 6) is -0.916. The van der Waals surface area contributed by atoms with Crippen molar-refractivity contribution in [3.8, 4) is 11.3 Å². The minimum Gasteiger partial charge on any atom is -0.298 e. The number of nitrogens with zero attached hydrogens (tertiary/aromatic N) is 1. The molecule has 1 aromatic carbocycles. The van der Waals surface area contributed by atoms with Crippen LogP contribution in [0.4, 0.5) is 17.6 Å². The third kappa shape index (κ3) is 2.51. The topological polar surface area (TPSA) is 43.9 Å². The molecule has 102 valence electrons. The number of H-pyrrole nitrogens is 2. The molecule has 0 aliphatic carbocycles. The first-order valence-electron chi connectivity index (χ1n) is 5.09. The van der Waals surface area contributed by atoms with Gasteiger partial charge in [0.25, 0.3) is 0 Å². The van der Waals surface area contributed by atoms with E-state index >= 15 is 0 Å². The van der Waals surface area contributed by atoms with Crippen molar-refractivity contribution >= 4 is 17.8 Å². The lowest BCUT2D eigenvalue weighted by atomic mass is 10.0. The molecule has 1 aromatic heterocycles. The highest BCUT2D eigenvalue weighted by atomic mass is 35.5. The standard InChI is InChI=1S/C11H8ClF4N3/c1-17-4-8-10(19-18-8)6-2-5(11(14,15)16)3-7(12)9(6)13/h2-4,18-19H,1H3/b17-4+. The molecule has 0 aliphatic rings. The molecule has 3 nitrogen and oxygen atoms in total. The molecule has 2 aromatic rings. The SMILES string of the molecule is C/N=C/c1[nH][nH]c1-c1cc(C(F)(F)F)cc(Cl)c1F. The highest BCUT2D eigenvalue weighted by molar-refractivity contribution is 6.31. The second-order valence-electron chi connectivity index (χ2n) is 3.74. The maximum absolute atomic E-state index is 13.8. The third-order valence-corrected chi connectivity index (χ3v) is 2.75. The minimum absolute atomic E-state index is 0.177. The van der Waals surface area contributed by atoms with Crippen LogP contribution < -0.4 is 0 Å². The van der Waals surface area contributed by atoms with Crippen molar-refractivity contribution in [2.45, 2.75) is 6.18 Å². The third-order valence-electron chi connectivity index (χ3n) is 2.47. The Bertz CT molecular complexity index is 624. The molecular formula is C11H8ClF4N3. The lowest BCUT2D eigenvalue weighted by Gasteiger charge is -2.15. The summed E-state index contributed by atoms with van der Waals surface area (Å²) in [4.78, 5) is 3.69. The van der Waals surface area contributed by atoms with Crippen molar-refractivity contribution in [1.29, 1.82) is 0 Å². The molecule has 0 atom stereocenters. The molecule has 19 heavy (non-hydrogen) atoms. The van der Waals surface area contributed by atoms with Gasteiger partial charge in [0.1, 0.15) is 0 Å². The van der Waals surface area contributed by atoms with Crippen LogP contribution in [0.25, 0.3) is 11.3 Å². The normalized spacial score (nSPS) is 12.5. The van der Waals surface area contributed by atoms with Crippen LogP contribution in [0, 0.1) is 5.82 Å². The predicted octanol–water partition coefficient (Wildman–Crippen LogP) is 3.87. The summed E-state index contributed by atoms with van der Waals surface area (Å²) in [6, 6.07) is 1.26. The van der Waals surface area contributed by atoms with Gasteiger partial charge in [-0.25, -0.2) is 4.39 Å². The lowest BCUT2D eigenvalue weighted by molar-refractivity contribution is -0.137. The van der Waals surface area contributed by atoms with Crippen LogP contribution in [-0.2, 0) is 6.18 Å². The number of aromatic nitrogens is 2. The van der Waals surface area contributed by atoms with E-state index in [9.17, 15) is 17.6 Å². The van der Waals surface area contributed by atoms with E-state index in [2.05, 4.69) is 15.2 Å². The van der Waals surface area contributed by atoms with Crippen LogP contribution in [0.1, 0.15) is 11.3 Å². The van der Waals surface area contributed by atoms with Crippen LogP contribution in [0.15, 0.2) is 17.1 Å². The van der Waals surface area contributed by atoms with Crippen LogP contribution in [-0.4, -0.2) is 23.5 Å². The van der Waals surface area contributed by atoms with Gasteiger partial charge in [0.05, 0.1) is 22.0 Å². The van der Waals surface area contributed by atoms with E-state index in [0.29, 0.717) is 17.8 Å². The van der Waals surface area contributed by atoms with Gasteiger partial charge in [-0.1, -0.05) is 11.6 Å². The molecule has 0 spiro atoms. The Morgan fingerprint density at radius 1 is 1.26 bits per heavy atom. The van der Waals surface area contributed by atoms with Gasteiger partial charge < -0.3 is 0 Å². The van der Waals surface area contributed by atoms with Crippen LogP contribution in [0.5, 0.6) is 0 Å². The number of alkyl halides is 3. The van der Waals surface area contributed by atoms with Crippen molar-refractivity contribution in [3.63, 3.8) is 0 Å². The van der Waals surface area contributed by atoms with E-state index in [1.54, 1.807) is 0 Å². The molecule has 0 fully saturated rings. The van der Waals surface area contributed by atoms with E-state index in [1.165, 1.54) is 13.3 Å². The van der Waals surface area contributed by atoms with Crippen LogP contribution >= 0.6 is 11.6 Å². The Kier molecular flexibility index (Phi) is 3.40. The van der Waals surface area contributed by atoms with Gasteiger partial charge in [-0.05, 0) is 12.1 Å². The summed E-state index contributed by atoms with van der Waals surface area (Å²) in [5, 5.41) is 4.52. The first kappa shape index (κ1) is 13.7. The Morgan fingerprint density at radius 3 is 2.42 bits per heavy atom. The fraction of sp³-hybridized carbons (Fsp3) is 0.182. The number of aliphatic imine (C=N–C) groups is 1. The summed E-state index contributed by atoms with van der Waals surface area (Å²) in [6.45, 7) is 0. The molecule has 2 N–H and O–H groups in total. The van der Waals surface area contributed by atoms with Gasteiger partial charge in [0.15, 0.2) is 5.82 Å². The molecule has 1 heterocycles. The van der Waals surface area contributed by atoms with Gasteiger partial charge in [-0.15, -0.1) is 0 Å². The maximum Gasteiger partial charge on any atom is 0.416 e. The smallest absolute Gasteiger partial charge is 0.298 e. The number of nitrogens with one attached hydrogen (secondary N) is 2. The largest absolute Gasteiger partial charge is 0.416 e. The Morgan fingerprint density at radius 2 is 1.95 bits per heavy atom. The summed E-state index contributed by atoms with van der Waals surface area (Å²) < 4.78 is 51.8. The summed E-state index contributed by atoms with van der Waals surface area (Å²) in [5.41, 5.74) is -0.704. The van der Waals surface area contributed by atoms with E-state index in [4.69, 9.17) is 11.6 Å². The lowest BCUT2D eigenvalue weighted by Crippen LogP contribution is -2.09. The zero-order chi connectivity index (χ0) is 14.2. The van der Waals surface area contributed by atoms with E-state index in [1.807, 2.05) is 0 Å². The summed E-state index contributed by atoms with van der Waals surface area (Å²) in [7, 11) is 1.49. The number of rotatable bonds is 2. The number of hydrogen-bond acceptors (Lipinski definition) is 1. The second kappa shape index (κ2) is 4.73. The highest BCUT2D eigenvalue weighted by Gasteiger charge is 2.33. The number of halogens is 5. The van der Waals surface area contributed by atoms with Gasteiger partial charge in [0, 0.05) is 18.8 Å². The van der Waals surface area contributed by atoms with E-state index in [0.717, 1.165) is 0 Å². The number of aromatic amines is 2. The zero-order valence-corrected chi connectivity index (χ0v) is 10.3. The number of benzene rings is 1. The fourth-order valence-electron chi connectivity index (χ4n) is 1.57. The Hall–Kier alpha value is -1.76. The molecule has 0 amide bonds. The average Bonchev–Trinajstić information content (AvgIpc) is 2.28. The maximum atomic E-state index is 13.8. The van der Waals surface area contributed by atoms with Crippen LogP contribution in [0.3, 0.4) is 0 Å². The Balaban J connectivity index is 2.58. The van der Waals surface area contributed by atoms with Gasteiger partial charge in [0.2, 0.25) is 0 Å². The second-order valence-corrected chi connectivity index (χ2v) is 4.15. The van der Waals surface area contributed by atoms with Crippen molar-refractivity contribution < 1.29 is 17.6 Å². The Labute approximate surface area is 110 Å². The van der Waals surface area contributed by atoms with Crippen molar-refractivity contribution in [1.82, 2.24) is 10.2 Å². The molecule has 0 radical (unpaired) electrons. The quantitative estimate of drug-likeness (QED) is 0.624. The van der Waals surface area contributed by atoms with Gasteiger partial charge >= 0.3 is 6.18 Å². The first-order valence-corrected chi connectivity index (χ1v) is 5.47. The van der Waals surface area contributed by atoms with Gasteiger partial charge in [-0.2, -0.15) is 13.2 Å². The molecule has 0 bridgehead atoms. The summed E-state index contributed by atoms with van der Waals surface area (Å²) >= 11 is 5.50. The fourth-order valence-corrected chi connectivity index (χ4v) is 1.79. The molecule has 0 saturated heterocycles. The monoisotopic (exact) mass is 293 g/mol. The molecule has 0 aliphatic heterocycles. The molecule has 8 heteroatoms. The molecule has 0 saturated carbocycles. The van der Waals surface area contributed by atoms with Crippen molar-refractivity contribution in [2.75, 3.05) is 7.05 Å². The zero-order valence-electron chi connectivity index (χ0n) is 9.57. The molecular weight excluding hydrogens is 286 g/mol. The number of hydrogen-bond donors (Lipinski definition) is 2.